The first-order valence-electron chi connectivity index (χ1n) is 9.52. The molecule has 2 heterocycles. The summed E-state index contributed by atoms with van der Waals surface area (Å²) in [5.74, 6) is 0.0612. The standard InChI is InChI=1S/C20H31N3O3/c1-20(2,3)15-19(24)21-17-5-4-16(22-6-10-25-11-7-22)14-18(17)23-8-12-26-13-9-23/h4-5,14H,6-13,15H2,1-3H3,(H,21,24). The van der Waals surface area contributed by atoms with Crippen LogP contribution in [0.15, 0.2) is 18.2 Å². The number of rotatable bonds is 4. The second-order valence-corrected chi connectivity index (χ2v) is 8.19. The van der Waals surface area contributed by atoms with Gasteiger partial charge < -0.3 is 24.6 Å². The Labute approximate surface area is 156 Å². The van der Waals surface area contributed by atoms with Gasteiger partial charge in [0.2, 0.25) is 5.91 Å². The van der Waals surface area contributed by atoms with Gasteiger partial charge in [-0.05, 0) is 23.6 Å². The van der Waals surface area contributed by atoms with Crippen molar-refractivity contribution in [3.05, 3.63) is 18.2 Å². The molecule has 2 fully saturated rings. The molecule has 1 amide bonds. The molecule has 26 heavy (non-hydrogen) atoms. The molecule has 0 atom stereocenters. The minimum Gasteiger partial charge on any atom is -0.378 e. The summed E-state index contributed by atoms with van der Waals surface area (Å²) >= 11 is 0. The predicted molar refractivity (Wildman–Crippen MR) is 105 cm³/mol. The average molecular weight is 361 g/mol. The number of morpholine rings is 2. The molecule has 0 saturated carbocycles. The van der Waals surface area contributed by atoms with E-state index < -0.39 is 0 Å². The predicted octanol–water partition coefficient (Wildman–Crippen LogP) is 2.73. The Morgan fingerprint density at radius 2 is 1.58 bits per heavy atom. The Balaban J connectivity index is 1.83. The first-order valence-corrected chi connectivity index (χ1v) is 9.52. The Hall–Kier alpha value is -1.79. The molecule has 2 aliphatic rings. The van der Waals surface area contributed by atoms with Crippen LogP contribution >= 0.6 is 0 Å². The molecule has 1 aromatic carbocycles. The number of hydrogen-bond acceptors (Lipinski definition) is 5. The van der Waals surface area contributed by atoms with E-state index in [0.717, 1.165) is 64.0 Å². The second-order valence-electron chi connectivity index (χ2n) is 8.19. The van der Waals surface area contributed by atoms with Crippen molar-refractivity contribution in [2.24, 2.45) is 5.41 Å². The van der Waals surface area contributed by atoms with Crippen molar-refractivity contribution in [2.75, 3.05) is 67.7 Å². The maximum Gasteiger partial charge on any atom is 0.224 e. The molecule has 6 heteroatoms. The molecule has 144 valence electrons. The smallest absolute Gasteiger partial charge is 0.224 e. The number of anilines is 3. The van der Waals surface area contributed by atoms with Gasteiger partial charge in [-0.3, -0.25) is 4.79 Å². The Morgan fingerprint density at radius 3 is 2.15 bits per heavy atom. The van der Waals surface area contributed by atoms with E-state index in [9.17, 15) is 4.79 Å². The number of nitrogens with one attached hydrogen (secondary N) is 1. The molecular formula is C20H31N3O3. The highest BCUT2D eigenvalue weighted by Gasteiger charge is 2.21. The maximum absolute atomic E-state index is 12.5. The van der Waals surface area contributed by atoms with Crippen LogP contribution in [-0.4, -0.2) is 58.5 Å². The second kappa shape index (κ2) is 8.27. The monoisotopic (exact) mass is 361 g/mol. The largest absolute Gasteiger partial charge is 0.378 e. The first kappa shape index (κ1) is 19.0. The van der Waals surface area contributed by atoms with Gasteiger partial charge in [-0.2, -0.15) is 0 Å². The fraction of sp³-hybridized carbons (Fsp3) is 0.650. The third-order valence-electron chi connectivity index (χ3n) is 4.67. The third kappa shape index (κ3) is 5.11. The minimum atomic E-state index is -0.0308. The molecule has 6 nitrogen and oxygen atoms in total. The van der Waals surface area contributed by atoms with Gasteiger partial charge in [-0.25, -0.2) is 0 Å². The van der Waals surface area contributed by atoms with Crippen molar-refractivity contribution < 1.29 is 14.3 Å². The summed E-state index contributed by atoms with van der Waals surface area (Å²) < 4.78 is 11.0. The zero-order valence-electron chi connectivity index (χ0n) is 16.2. The molecule has 0 bridgehead atoms. The molecule has 0 unspecified atom stereocenters. The van der Waals surface area contributed by atoms with Gasteiger partial charge in [-0.1, -0.05) is 20.8 Å². The molecule has 0 radical (unpaired) electrons. The number of ether oxygens (including phenoxy) is 2. The van der Waals surface area contributed by atoms with Crippen molar-refractivity contribution in [3.8, 4) is 0 Å². The van der Waals surface area contributed by atoms with Crippen molar-refractivity contribution >= 4 is 23.0 Å². The van der Waals surface area contributed by atoms with Crippen molar-refractivity contribution in [2.45, 2.75) is 27.2 Å². The van der Waals surface area contributed by atoms with Crippen LogP contribution in [0.2, 0.25) is 0 Å². The van der Waals surface area contributed by atoms with Crippen LogP contribution < -0.4 is 15.1 Å². The normalized spacial score (nSPS) is 18.7. The lowest BCUT2D eigenvalue weighted by molar-refractivity contribution is -0.117. The van der Waals surface area contributed by atoms with E-state index in [0.29, 0.717) is 6.42 Å². The summed E-state index contributed by atoms with van der Waals surface area (Å²) in [4.78, 5) is 17.1. The maximum atomic E-state index is 12.5. The molecule has 0 spiro atoms. The zero-order valence-corrected chi connectivity index (χ0v) is 16.2. The highest BCUT2D eigenvalue weighted by atomic mass is 16.5. The molecular weight excluding hydrogens is 330 g/mol. The van der Waals surface area contributed by atoms with Gasteiger partial charge in [0.05, 0.1) is 37.8 Å². The fourth-order valence-corrected chi connectivity index (χ4v) is 3.39. The van der Waals surface area contributed by atoms with E-state index in [-0.39, 0.29) is 11.3 Å². The summed E-state index contributed by atoms with van der Waals surface area (Å²) in [5, 5.41) is 3.13. The van der Waals surface area contributed by atoms with Crippen LogP contribution in [0, 0.1) is 5.41 Å². The van der Waals surface area contributed by atoms with Crippen molar-refractivity contribution in [3.63, 3.8) is 0 Å². The van der Waals surface area contributed by atoms with Gasteiger partial charge in [0.15, 0.2) is 0 Å². The number of amides is 1. The topological polar surface area (TPSA) is 54.0 Å². The molecule has 0 aromatic heterocycles. The van der Waals surface area contributed by atoms with Crippen LogP contribution in [-0.2, 0) is 14.3 Å². The van der Waals surface area contributed by atoms with Crippen molar-refractivity contribution in [1.82, 2.24) is 0 Å². The summed E-state index contributed by atoms with van der Waals surface area (Å²) in [5.41, 5.74) is 3.12. The number of carbonyl (C=O) groups excluding carboxylic acids is 1. The molecule has 0 aliphatic carbocycles. The van der Waals surface area contributed by atoms with Crippen LogP contribution in [0.4, 0.5) is 17.1 Å². The van der Waals surface area contributed by atoms with E-state index in [1.54, 1.807) is 0 Å². The molecule has 1 N–H and O–H groups in total. The minimum absolute atomic E-state index is 0.0308. The third-order valence-corrected chi connectivity index (χ3v) is 4.67. The van der Waals surface area contributed by atoms with Gasteiger partial charge >= 0.3 is 0 Å². The van der Waals surface area contributed by atoms with Crippen LogP contribution in [0.5, 0.6) is 0 Å². The van der Waals surface area contributed by atoms with Gasteiger partial charge in [0.25, 0.3) is 0 Å². The summed E-state index contributed by atoms with van der Waals surface area (Å²) in [6.45, 7) is 12.7. The molecule has 3 rings (SSSR count). The SMILES string of the molecule is CC(C)(C)CC(=O)Nc1ccc(N2CCOCC2)cc1N1CCOCC1. The van der Waals surface area contributed by atoms with E-state index in [4.69, 9.17) is 9.47 Å². The Morgan fingerprint density at radius 1 is 1.00 bits per heavy atom. The number of carbonyl (C=O) groups is 1. The van der Waals surface area contributed by atoms with Gasteiger partial charge in [0, 0.05) is 38.3 Å². The van der Waals surface area contributed by atoms with Gasteiger partial charge in [0.1, 0.15) is 0 Å². The van der Waals surface area contributed by atoms with Crippen LogP contribution in [0.25, 0.3) is 0 Å². The number of nitrogens with zero attached hydrogens (tertiary/aromatic N) is 2. The zero-order chi connectivity index (χ0) is 18.6. The quantitative estimate of drug-likeness (QED) is 0.894. The van der Waals surface area contributed by atoms with Crippen molar-refractivity contribution in [1.29, 1.82) is 0 Å². The van der Waals surface area contributed by atoms with E-state index in [1.807, 2.05) is 6.07 Å². The molecule has 2 aliphatic heterocycles. The number of hydrogen-bond donors (Lipinski definition) is 1. The van der Waals surface area contributed by atoms with Gasteiger partial charge in [-0.15, -0.1) is 0 Å². The van der Waals surface area contributed by atoms with E-state index in [2.05, 4.69) is 48.0 Å². The average Bonchev–Trinajstić information content (AvgIpc) is 2.62. The lowest BCUT2D eigenvalue weighted by Gasteiger charge is -2.33. The summed E-state index contributed by atoms with van der Waals surface area (Å²) in [7, 11) is 0. The lowest BCUT2D eigenvalue weighted by Crippen LogP contribution is -2.38. The fourth-order valence-electron chi connectivity index (χ4n) is 3.39. The van der Waals surface area contributed by atoms with Crippen LogP contribution in [0.1, 0.15) is 27.2 Å². The summed E-state index contributed by atoms with van der Waals surface area (Å²) in [6.07, 6.45) is 0.501. The summed E-state index contributed by atoms with van der Waals surface area (Å²) in [6, 6.07) is 6.33. The van der Waals surface area contributed by atoms with E-state index in [1.165, 1.54) is 5.69 Å². The molecule has 1 aromatic rings. The lowest BCUT2D eigenvalue weighted by atomic mass is 9.92. The Kier molecular flexibility index (Phi) is 6.04. The Bertz CT molecular complexity index is 615. The molecule has 2 saturated heterocycles. The highest BCUT2D eigenvalue weighted by Crippen LogP contribution is 2.33. The van der Waals surface area contributed by atoms with Crippen LogP contribution in [0.3, 0.4) is 0 Å². The highest BCUT2D eigenvalue weighted by molar-refractivity contribution is 5.95. The first-order chi connectivity index (χ1) is 12.4. The van der Waals surface area contributed by atoms with E-state index >= 15 is 0 Å². The number of benzene rings is 1.